The normalized spacial score (nSPS) is 14.3. The molecule has 0 amide bonds. The molecule has 0 aliphatic carbocycles. The second kappa shape index (κ2) is 16.6. The zero-order valence-electron chi connectivity index (χ0n) is 46.6. The van der Waals surface area contributed by atoms with Crippen LogP contribution in [0, 0.1) is 20.8 Å². The number of rotatable bonds is 3. The van der Waals surface area contributed by atoms with Crippen LogP contribution in [0.15, 0.2) is 182 Å². The van der Waals surface area contributed by atoms with Gasteiger partial charge in [-0.2, -0.15) is 0 Å². The summed E-state index contributed by atoms with van der Waals surface area (Å²) in [6.45, 7) is 19.7. The van der Waals surface area contributed by atoms with Crippen molar-refractivity contribution in [1.82, 2.24) is 0 Å². The predicted molar refractivity (Wildman–Crippen MR) is 333 cm³/mol. The molecule has 0 radical (unpaired) electrons. The second-order valence-electron chi connectivity index (χ2n) is 24.9. The molecule has 6 aliphatic rings. The van der Waals surface area contributed by atoms with Gasteiger partial charge in [0.05, 0.1) is 0 Å². The minimum atomic E-state index is -0.416. The molecule has 384 valence electrons. The molecule has 6 heterocycles. The zero-order valence-corrected chi connectivity index (χ0v) is 46.6. The van der Waals surface area contributed by atoms with Crippen molar-refractivity contribution in [2.45, 2.75) is 73.1 Å². The summed E-state index contributed by atoms with van der Waals surface area (Å²) in [5.41, 5.74) is 24.5. The van der Waals surface area contributed by atoms with Gasteiger partial charge < -0.3 is 28.7 Å². The van der Waals surface area contributed by atoms with E-state index in [2.05, 4.69) is 254 Å². The van der Waals surface area contributed by atoms with E-state index in [0.717, 1.165) is 135 Å². The van der Waals surface area contributed by atoms with Crippen LogP contribution in [0.25, 0.3) is 11.1 Å². The fourth-order valence-electron chi connectivity index (χ4n) is 14.4. The van der Waals surface area contributed by atoms with E-state index in [1.165, 1.54) is 33.4 Å². The zero-order chi connectivity index (χ0) is 54.2. The van der Waals surface area contributed by atoms with Gasteiger partial charge in [-0.15, -0.1) is 0 Å². The Labute approximate surface area is 469 Å². The molecule has 0 bridgehead atoms. The number of aryl methyl sites for hydroxylation is 3. The van der Waals surface area contributed by atoms with Crippen molar-refractivity contribution in [2.24, 2.45) is 0 Å². The Balaban J connectivity index is 1.09. The SMILES string of the molecule is Cc1cc(C)c(-c2cc3c4c(c2)N(c2ccc(C(C)(C)C)cc2)c2cc5c6c(c2B4c2c(cc4c7c2Oc2ccccc2B7c2ccccc2O4)N3c2ccc(C(C)(C)C)cc2)Oc2ccccc2B6c2ccccc2O5)c(C)c1. The Morgan fingerprint density at radius 3 is 1.06 bits per heavy atom. The molecule has 0 aromatic heterocycles. The van der Waals surface area contributed by atoms with Crippen LogP contribution in [-0.2, 0) is 10.8 Å². The summed E-state index contributed by atoms with van der Waals surface area (Å²) in [6.07, 6.45) is 0. The molecule has 16 rings (SSSR count). The van der Waals surface area contributed by atoms with Crippen molar-refractivity contribution >= 4 is 103 Å². The molecule has 0 fully saturated rings. The second-order valence-corrected chi connectivity index (χ2v) is 24.9. The van der Waals surface area contributed by atoms with Crippen molar-refractivity contribution in [3.05, 3.63) is 210 Å². The van der Waals surface area contributed by atoms with Crippen molar-refractivity contribution in [3.8, 4) is 57.1 Å². The Hall–Kier alpha value is -8.81. The van der Waals surface area contributed by atoms with Crippen LogP contribution in [-0.4, -0.2) is 20.1 Å². The van der Waals surface area contributed by atoms with Gasteiger partial charge in [-0.3, -0.25) is 0 Å². The van der Waals surface area contributed by atoms with Crippen molar-refractivity contribution in [3.63, 3.8) is 0 Å². The third-order valence-corrected chi connectivity index (χ3v) is 17.9. The Bertz CT molecular complexity index is 4060. The fourth-order valence-corrected chi connectivity index (χ4v) is 14.4. The number of fused-ring (bicyclic) bond motifs is 14. The Kier molecular flexibility index (Phi) is 9.81. The maximum atomic E-state index is 7.64. The van der Waals surface area contributed by atoms with Crippen LogP contribution in [0.2, 0.25) is 0 Å². The number of hydrogen-bond acceptors (Lipinski definition) is 6. The summed E-state index contributed by atoms with van der Waals surface area (Å²) in [4.78, 5) is 5.01. The highest BCUT2D eigenvalue weighted by Crippen LogP contribution is 2.52. The van der Waals surface area contributed by atoms with E-state index in [4.69, 9.17) is 18.9 Å². The first kappa shape index (κ1) is 47.2. The number of para-hydroxylation sites is 4. The minimum absolute atomic E-state index is 0.0578. The van der Waals surface area contributed by atoms with Gasteiger partial charge in [-0.25, -0.2) is 0 Å². The number of benzene rings is 10. The highest BCUT2D eigenvalue weighted by molar-refractivity contribution is 7.05. The van der Waals surface area contributed by atoms with Crippen LogP contribution < -0.4 is 77.9 Å². The molecule has 6 nitrogen and oxygen atoms in total. The Morgan fingerprint density at radius 2 is 0.688 bits per heavy atom. The van der Waals surface area contributed by atoms with Crippen molar-refractivity contribution < 1.29 is 18.9 Å². The van der Waals surface area contributed by atoms with Crippen LogP contribution in [0.3, 0.4) is 0 Å². The van der Waals surface area contributed by atoms with Crippen LogP contribution >= 0.6 is 0 Å². The summed E-state index contributed by atoms with van der Waals surface area (Å²) >= 11 is 0. The number of hydrogen-bond donors (Lipinski definition) is 0. The third kappa shape index (κ3) is 6.70. The van der Waals surface area contributed by atoms with Gasteiger partial charge >= 0.3 is 0 Å². The number of ether oxygens (including phenoxy) is 4. The third-order valence-electron chi connectivity index (χ3n) is 17.9. The van der Waals surface area contributed by atoms with E-state index in [1.807, 2.05) is 0 Å². The molecule has 0 spiro atoms. The van der Waals surface area contributed by atoms with Gasteiger partial charge in [0.25, 0.3) is 20.1 Å². The molecule has 10 aromatic rings. The molecule has 10 aromatic carbocycles. The van der Waals surface area contributed by atoms with Gasteiger partial charge in [0.15, 0.2) is 0 Å². The molecule has 6 aliphatic heterocycles. The molecule has 80 heavy (non-hydrogen) atoms. The molecule has 0 saturated carbocycles. The fraction of sp³-hybridized carbons (Fsp3) is 0.155. The van der Waals surface area contributed by atoms with Crippen LogP contribution in [0.5, 0.6) is 46.0 Å². The number of nitrogens with zero attached hydrogens (tertiary/aromatic N) is 2. The van der Waals surface area contributed by atoms with Gasteiger partial charge in [0, 0.05) is 57.2 Å². The van der Waals surface area contributed by atoms with Crippen LogP contribution in [0.1, 0.15) is 69.4 Å². The van der Waals surface area contributed by atoms with Gasteiger partial charge in [-0.05, 0) is 164 Å². The number of anilines is 6. The molecular formula is C71H57B3N2O4. The lowest BCUT2D eigenvalue weighted by atomic mass is 9.28. The van der Waals surface area contributed by atoms with Crippen molar-refractivity contribution in [1.29, 1.82) is 0 Å². The summed E-state index contributed by atoms with van der Waals surface area (Å²) < 4.78 is 29.7. The monoisotopic (exact) mass is 1030 g/mol. The average molecular weight is 1030 g/mol. The largest absolute Gasteiger partial charge is 0.459 e. The standard InChI is InChI=1S/C71H57B3N2O4/c1-40-34-41(2)62(42(3)35-40)43-36-52-63-53(37-43)76(47-32-28-45(29-33-47)71(7,8)9)55-39-61-67-69(80-59-25-17-13-21-51(59)73(67)49-19-11-15-23-57(49)78-61)65(55)74(63)64-54(75(52)46-30-26-44(27-31-46)70(4,5)6)38-60-66-68(64)79-58-24-16-12-20-50(58)72(66)48-18-10-14-22-56(48)77-60/h10-39H,1-9H3. The molecule has 0 N–H and O–H groups in total. The topological polar surface area (TPSA) is 43.4 Å². The highest BCUT2D eigenvalue weighted by atomic mass is 16.5. The lowest BCUT2D eigenvalue weighted by Crippen LogP contribution is -2.66. The lowest BCUT2D eigenvalue weighted by Gasteiger charge is -2.47. The molecule has 0 saturated heterocycles. The summed E-state index contributed by atoms with van der Waals surface area (Å²) in [7, 11) is 0. The molecule has 9 heteroatoms. The van der Waals surface area contributed by atoms with E-state index in [-0.39, 0.29) is 24.3 Å². The van der Waals surface area contributed by atoms with Crippen molar-refractivity contribution in [2.75, 3.05) is 9.80 Å². The first-order valence-electron chi connectivity index (χ1n) is 28.2. The molecule has 0 unspecified atom stereocenters. The predicted octanol–water partition coefficient (Wildman–Crippen LogP) is 12.4. The minimum Gasteiger partial charge on any atom is -0.459 e. The van der Waals surface area contributed by atoms with Crippen LogP contribution in [0.4, 0.5) is 34.1 Å². The smallest absolute Gasteiger partial charge is 0.261 e. The maximum absolute atomic E-state index is 7.64. The quantitative estimate of drug-likeness (QED) is 0.164. The van der Waals surface area contributed by atoms with Gasteiger partial charge in [-0.1, -0.05) is 156 Å². The maximum Gasteiger partial charge on any atom is 0.261 e. The first-order valence-corrected chi connectivity index (χ1v) is 28.2. The van der Waals surface area contributed by atoms with Gasteiger partial charge in [0.1, 0.15) is 46.0 Å². The Morgan fingerprint density at radius 1 is 0.338 bits per heavy atom. The summed E-state index contributed by atoms with van der Waals surface area (Å²) in [5.74, 6) is 6.59. The first-order chi connectivity index (χ1) is 38.7. The summed E-state index contributed by atoms with van der Waals surface area (Å²) in [5, 5.41) is 0. The van der Waals surface area contributed by atoms with E-state index >= 15 is 0 Å². The molecular weight excluding hydrogens is 977 g/mol. The lowest BCUT2D eigenvalue weighted by molar-refractivity contribution is 0.466. The van der Waals surface area contributed by atoms with E-state index in [0.29, 0.717) is 0 Å². The van der Waals surface area contributed by atoms with E-state index in [1.54, 1.807) is 0 Å². The molecule has 0 atom stereocenters. The van der Waals surface area contributed by atoms with E-state index in [9.17, 15) is 0 Å². The summed E-state index contributed by atoms with van der Waals surface area (Å²) in [6, 6.07) is 66.9. The van der Waals surface area contributed by atoms with Gasteiger partial charge in [0.2, 0.25) is 0 Å². The average Bonchev–Trinajstić information content (AvgIpc) is 1.99. The highest BCUT2D eigenvalue weighted by Gasteiger charge is 2.53. The van der Waals surface area contributed by atoms with E-state index < -0.39 is 6.71 Å².